The zero-order valence-corrected chi connectivity index (χ0v) is 10.8. The summed E-state index contributed by atoms with van der Waals surface area (Å²) in [5.41, 5.74) is 5.24. The van der Waals surface area contributed by atoms with Gasteiger partial charge >= 0.3 is 6.03 Å². The van der Waals surface area contributed by atoms with E-state index in [0.717, 1.165) is 18.7 Å². The minimum atomic E-state index is -0.451. The number of H-pyrrole nitrogens is 1. The SMILES string of the molecule is NC(=O)N1CCCC(C(=O)NCCc2ncc[nH]2)C1. The van der Waals surface area contributed by atoms with Gasteiger partial charge in [0.2, 0.25) is 5.91 Å². The molecule has 1 unspecified atom stereocenters. The first kappa shape index (κ1) is 13.4. The molecule has 1 fully saturated rings. The van der Waals surface area contributed by atoms with Crippen LogP contribution in [0.4, 0.5) is 4.79 Å². The molecule has 104 valence electrons. The van der Waals surface area contributed by atoms with Gasteiger partial charge in [-0.1, -0.05) is 0 Å². The fourth-order valence-corrected chi connectivity index (χ4v) is 2.27. The number of piperidine rings is 1. The van der Waals surface area contributed by atoms with E-state index in [0.29, 0.717) is 26.1 Å². The van der Waals surface area contributed by atoms with Crippen molar-refractivity contribution >= 4 is 11.9 Å². The summed E-state index contributed by atoms with van der Waals surface area (Å²) in [7, 11) is 0. The molecule has 0 radical (unpaired) electrons. The summed E-state index contributed by atoms with van der Waals surface area (Å²) < 4.78 is 0. The number of carbonyl (C=O) groups is 2. The highest BCUT2D eigenvalue weighted by Gasteiger charge is 2.27. The molecule has 4 N–H and O–H groups in total. The average molecular weight is 265 g/mol. The van der Waals surface area contributed by atoms with E-state index in [2.05, 4.69) is 15.3 Å². The lowest BCUT2D eigenvalue weighted by Gasteiger charge is -2.30. The second-order valence-corrected chi connectivity index (χ2v) is 4.70. The Kier molecular flexibility index (Phi) is 4.38. The number of likely N-dealkylation sites (tertiary alicyclic amines) is 1. The molecule has 0 spiro atoms. The highest BCUT2D eigenvalue weighted by molar-refractivity contribution is 5.80. The van der Waals surface area contributed by atoms with Gasteiger partial charge < -0.3 is 20.9 Å². The highest BCUT2D eigenvalue weighted by Crippen LogP contribution is 2.16. The van der Waals surface area contributed by atoms with E-state index in [-0.39, 0.29) is 11.8 Å². The molecule has 1 aromatic rings. The fraction of sp³-hybridized carbons (Fsp3) is 0.583. The lowest BCUT2D eigenvalue weighted by atomic mass is 9.97. The summed E-state index contributed by atoms with van der Waals surface area (Å²) in [6, 6.07) is -0.451. The van der Waals surface area contributed by atoms with Gasteiger partial charge in [-0.3, -0.25) is 4.79 Å². The number of aromatic amines is 1. The van der Waals surface area contributed by atoms with E-state index in [4.69, 9.17) is 5.73 Å². The van der Waals surface area contributed by atoms with Crippen molar-refractivity contribution in [2.24, 2.45) is 11.7 Å². The minimum Gasteiger partial charge on any atom is -0.355 e. The van der Waals surface area contributed by atoms with E-state index in [1.54, 1.807) is 12.4 Å². The molecule has 1 aliphatic rings. The van der Waals surface area contributed by atoms with Crippen LogP contribution in [0.1, 0.15) is 18.7 Å². The first-order valence-corrected chi connectivity index (χ1v) is 6.47. The molecular weight excluding hydrogens is 246 g/mol. The van der Waals surface area contributed by atoms with Gasteiger partial charge in [-0.25, -0.2) is 9.78 Å². The quantitative estimate of drug-likeness (QED) is 0.705. The second kappa shape index (κ2) is 6.21. The number of nitrogens with zero attached hydrogens (tertiary/aromatic N) is 2. The number of aromatic nitrogens is 2. The smallest absolute Gasteiger partial charge is 0.314 e. The molecule has 7 heteroatoms. The van der Waals surface area contributed by atoms with E-state index >= 15 is 0 Å². The lowest BCUT2D eigenvalue weighted by molar-refractivity contribution is -0.126. The highest BCUT2D eigenvalue weighted by atomic mass is 16.2. The van der Waals surface area contributed by atoms with Crippen LogP contribution < -0.4 is 11.1 Å². The van der Waals surface area contributed by atoms with Crippen LogP contribution >= 0.6 is 0 Å². The molecule has 1 saturated heterocycles. The Bertz CT molecular complexity index is 431. The molecule has 0 saturated carbocycles. The van der Waals surface area contributed by atoms with Crippen LogP contribution in [0.2, 0.25) is 0 Å². The van der Waals surface area contributed by atoms with Gasteiger partial charge in [-0.15, -0.1) is 0 Å². The maximum atomic E-state index is 12.0. The Labute approximate surface area is 111 Å². The number of rotatable bonds is 4. The number of imidazole rings is 1. The van der Waals surface area contributed by atoms with Crippen molar-refractivity contribution in [3.05, 3.63) is 18.2 Å². The van der Waals surface area contributed by atoms with Gasteiger partial charge in [0.15, 0.2) is 0 Å². The first-order valence-electron chi connectivity index (χ1n) is 6.47. The monoisotopic (exact) mass is 265 g/mol. The Hall–Kier alpha value is -2.05. The molecular formula is C12H19N5O2. The van der Waals surface area contributed by atoms with Crippen molar-refractivity contribution in [1.82, 2.24) is 20.2 Å². The number of nitrogens with two attached hydrogens (primary N) is 1. The Balaban J connectivity index is 1.74. The first-order chi connectivity index (χ1) is 9.16. The van der Waals surface area contributed by atoms with Gasteiger partial charge in [0.1, 0.15) is 5.82 Å². The van der Waals surface area contributed by atoms with Crippen LogP contribution in [0.3, 0.4) is 0 Å². The standard InChI is InChI=1S/C12H19N5O2/c13-12(19)17-7-1-2-9(8-17)11(18)16-4-3-10-14-5-6-15-10/h5-6,9H,1-4,7-8H2,(H2,13,19)(H,14,15)(H,16,18). The van der Waals surface area contributed by atoms with Gasteiger partial charge in [-0.2, -0.15) is 0 Å². The Morgan fingerprint density at radius 1 is 1.58 bits per heavy atom. The zero-order chi connectivity index (χ0) is 13.7. The van der Waals surface area contributed by atoms with Crippen LogP contribution in [0, 0.1) is 5.92 Å². The molecule has 2 rings (SSSR count). The van der Waals surface area contributed by atoms with Crippen molar-refractivity contribution in [1.29, 1.82) is 0 Å². The third kappa shape index (κ3) is 3.70. The zero-order valence-electron chi connectivity index (χ0n) is 10.8. The predicted molar refractivity (Wildman–Crippen MR) is 69.2 cm³/mol. The molecule has 3 amide bonds. The van der Waals surface area contributed by atoms with Crippen molar-refractivity contribution in [2.75, 3.05) is 19.6 Å². The van der Waals surface area contributed by atoms with Crippen molar-refractivity contribution in [2.45, 2.75) is 19.3 Å². The average Bonchev–Trinajstić information content (AvgIpc) is 2.92. The third-order valence-corrected chi connectivity index (χ3v) is 3.32. The van der Waals surface area contributed by atoms with E-state index in [1.807, 2.05) is 0 Å². The number of hydrogen-bond acceptors (Lipinski definition) is 3. The molecule has 7 nitrogen and oxygen atoms in total. The molecule has 19 heavy (non-hydrogen) atoms. The van der Waals surface area contributed by atoms with Crippen LogP contribution in [-0.2, 0) is 11.2 Å². The van der Waals surface area contributed by atoms with Gasteiger partial charge in [-0.05, 0) is 12.8 Å². The number of nitrogens with one attached hydrogen (secondary N) is 2. The summed E-state index contributed by atoms with van der Waals surface area (Å²) >= 11 is 0. The normalized spacial score (nSPS) is 19.2. The fourth-order valence-electron chi connectivity index (χ4n) is 2.27. The number of hydrogen-bond donors (Lipinski definition) is 3. The predicted octanol–water partition coefficient (Wildman–Crippen LogP) is -0.141. The number of amides is 3. The van der Waals surface area contributed by atoms with Gasteiger partial charge in [0.05, 0.1) is 5.92 Å². The molecule has 1 aromatic heterocycles. The number of carbonyl (C=O) groups excluding carboxylic acids is 2. The van der Waals surface area contributed by atoms with E-state index in [9.17, 15) is 9.59 Å². The summed E-state index contributed by atoms with van der Waals surface area (Å²) in [5, 5.41) is 2.87. The molecule has 0 bridgehead atoms. The number of urea groups is 1. The maximum Gasteiger partial charge on any atom is 0.314 e. The number of primary amides is 1. The van der Waals surface area contributed by atoms with Crippen LogP contribution in [0.5, 0.6) is 0 Å². The second-order valence-electron chi connectivity index (χ2n) is 4.70. The summed E-state index contributed by atoms with van der Waals surface area (Å²) in [6.45, 7) is 1.60. The van der Waals surface area contributed by atoms with E-state index < -0.39 is 6.03 Å². The van der Waals surface area contributed by atoms with Crippen molar-refractivity contribution in [3.63, 3.8) is 0 Å². The Morgan fingerprint density at radius 3 is 3.11 bits per heavy atom. The maximum absolute atomic E-state index is 12.0. The minimum absolute atomic E-state index is 0.0162. The van der Waals surface area contributed by atoms with E-state index in [1.165, 1.54) is 4.90 Å². The molecule has 0 aliphatic carbocycles. The summed E-state index contributed by atoms with van der Waals surface area (Å²) in [4.78, 5) is 31.7. The topological polar surface area (TPSA) is 104 Å². The Morgan fingerprint density at radius 2 is 2.42 bits per heavy atom. The van der Waals surface area contributed by atoms with Gasteiger partial charge in [0.25, 0.3) is 0 Å². The molecule has 2 heterocycles. The molecule has 1 atom stereocenters. The lowest BCUT2D eigenvalue weighted by Crippen LogP contribution is -2.47. The van der Waals surface area contributed by atoms with Crippen molar-refractivity contribution in [3.8, 4) is 0 Å². The van der Waals surface area contributed by atoms with Crippen molar-refractivity contribution < 1.29 is 9.59 Å². The summed E-state index contributed by atoms with van der Waals surface area (Å²) in [6.07, 6.45) is 5.73. The summed E-state index contributed by atoms with van der Waals surface area (Å²) in [5.74, 6) is 0.679. The van der Waals surface area contributed by atoms with Crippen LogP contribution in [0.15, 0.2) is 12.4 Å². The van der Waals surface area contributed by atoms with Crippen LogP contribution in [-0.4, -0.2) is 46.4 Å². The largest absolute Gasteiger partial charge is 0.355 e. The molecule has 1 aliphatic heterocycles. The van der Waals surface area contributed by atoms with Crippen LogP contribution in [0.25, 0.3) is 0 Å². The third-order valence-electron chi connectivity index (χ3n) is 3.32. The van der Waals surface area contributed by atoms with Gasteiger partial charge in [0, 0.05) is 38.4 Å². The molecule has 0 aromatic carbocycles.